The molecule has 47 heavy (non-hydrogen) atoms. The number of thioether (sulfide) groups is 2. The summed E-state index contributed by atoms with van der Waals surface area (Å²) in [4.78, 5) is 62.8. The number of aromatic nitrogens is 6. The number of aliphatic hydroxyl groups is 1. The Morgan fingerprint density at radius 1 is 1.26 bits per heavy atom. The first-order valence-corrected chi connectivity index (χ1v) is 16.6. The van der Waals surface area contributed by atoms with Crippen LogP contribution in [-0.2, 0) is 40.0 Å². The first-order chi connectivity index (χ1) is 22.0. The SMILES string of the molecule is CC(C)(C)C(=O)OCOC(=O)C1=C(CSc2nnnn2CCO)CS[C@@H]2C(NC(=O)C(=NOCCCN)c3nsc(N)n3)C(=O)N12.Cl. The molecule has 0 bridgehead atoms. The van der Waals surface area contributed by atoms with E-state index in [0.29, 0.717) is 23.7 Å². The van der Waals surface area contributed by atoms with Crippen LogP contribution in [0.15, 0.2) is 21.6 Å². The second kappa shape index (κ2) is 17.0. The largest absolute Gasteiger partial charge is 0.427 e. The summed E-state index contributed by atoms with van der Waals surface area (Å²) in [6.07, 6.45) is 0.484. The minimum Gasteiger partial charge on any atom is -0.427 e. The summed E-state index contributed by atoms with van der Waals surface area (Å²) in [5, 5.41) is 26.9. The molecule has 2 aliphatic rings. The van der Waals surface area contributed by atoms with Crippen molar-refractivity contribution in [1.82, 2.24) is 39.8 Å². The molecule has 1 unspecified atom stereocenters. The van der Waals surface area contributed by atoms with Crippen molar-refractivity contribution in [3.8, 4) is 0 Å². The van der Waals surface area contributed by atoms with Crippen molar-refractivity contribution in [1.29, 1.82) is 0 Å². The quantitative estimate of drug-likeness (QED) is 0.0329. The number of hydrogen-bond donors (Lipinski definition) is 4. The maximum absolute atomic E-state index is 13.5. The average Bonchev–Trinajstić information content (AvgIpc) is 3.66. The van der Waals surface area contributed by atoms with Gasteiger partial charge in [0.2, 0.25) is 23.5 Å². The van der Waals surface area contributed by atoms with Crippen LogP contribution in [0.1, 0.15) is 33.0 Å². The smallest absolute Gasteiger partial charge is 0.357 e. The summed E-state index contributed by atoms with van der Waals surface area (Å²) in [6, 6.07) is -1.05. The third kappa shape index (κ3) is 9.28. The number of halogens is 1. The Balaban J connectivity index is 0.00000600. The molecule has 0 spiro atoms. The molecule has 258 valence electrons. The van der Waals surface area contributed by atoms with E-state index in [2.05, 4.69) is 35.4 Å². The zero-order chi connectivity index (χ0) is 33.4. The monoisotopic (exact) mass is 735 g/mol. The van der Waals surface area contributed by atoms with E-state index in [4.69, 9.17) is 25.8 Å². The summed E-state index contributed by atoms with van der Waals surface area (Å²) >= 11 is 3.36. The van der Waals surface area contributed by atoms with E-state index in [0.717, 1.165) is 11.5 Å². The second-order valence-corrected chi connectivity index (χ2v) is 13.4. The Kier molecular flexibility index (Phi) is 13.7. The molecule has 2 aromatic rings. The first-order valence-electron chi connectivity index (χ1n) is 13.8. The van der Waals surface area contributed by atoms with Gasteiger partial charge in [-0.15, -0.1) is 29.3 Å². The van der Waals surface area contributed by atoms with Crippen LogP contribution in [0.2, 0.25) is 0 Å². The third-order valence-electron chi connectivity index (χ3n) is 6.17. The molecule has 2 atom stereocenters. The minimum atomic E-state index is -1.05. The number of ether oxygens (including phenoxy) is 2. The molecule has 0 aromatic carbocycles. The second-order valence-electron chi connectivity index (χ2n) is 10.6. The Morgan fingerprint density at radius 3 is 2.68 bits per heavy atom. The van der Waals surface area contributed by atoms with Gasteiger partial charge in [0.15, 0.2) is 5.13 Å². The normalized spacial score (nSPS) is 17.8. The summed E-state index contributed by atoms with van der Waals surface area (Å²) < 4.78 is 15.8. The molecule has 1 saturated heterocycles. The lowest BCUT2D eigenvalue weighted by Crippen LogP contribution is -2.71. The van der Waals surface area contributed by atoms with Crippen LogP contribution in [0, 0.1) is 5.41 Å². The third-order valence-corrected chi connectivity index (χ3v) is 9.10. The fourth-order valence-corrected chi connectivity index (χ4v) is 6.70. The number of carbonyl (C=O) groups is 4. The lowest BCUT2D eigenvalue weighted by atomic mass is 9.98. The number of anilines is 1. The van der Waals surface area contributed by atoms with Crippen molar-refractivity contribution in [3.63, 3.8) is 0 Å². The summed E-state index contributed by atoms with van der Waals surface area (Å²) in [7, 11) is 0. The highest BCUT2D eigenvalue weighted by molar-refractivity contribution is 8.01. The molecular formula is C24H34ClN11O8S3. The average molecular weight is 736 g/mol. The number of nitrogens with two attached hydrogens (primary N) is 2. The Morgan fingerprint density at radius 2 is 2.02 bits per heavy atom. The Bertz CT molecular complexity index is 1510. The van der Waals surface area contributed by atoms with Gasteiger partial charge in [0.05, 0.1) is 18.6 Å². The number of oxime groups is 1. The highest BCUT2D eigenvalue weighted by atomic mass is 35.5. The fraction of sp³-hybridized carbons (Fsp3) is 0.583. The number of nitrogen functional groups attached to an aromatic ring is 1. The molecule has 1 fully saturated rings. The molecule has 0 radical (unpaired) electrons. The van der Waals surface area contributed by atoms with Crippen molar-refractivity contribution >= 4 is 82.1 Å². The number of aliphatic hydroxyl groups excluding tert-OH is 1. The number of tetrazole rings is 1. The Hall–Kier alpha value is -3.57. The molecule has 2 aliphatic heterocycles. The summed E-state index contributed by atoms with van der Waals surface area (Å²) in [5.74, 6) is -2.48. The van der Waals surface area contributed by atoms with E-state index >= 15 is 0 Å². The van der Waals surface area contributed by atoms with Crippen LogP contribution in [0.4, 0.5) is 5.13 Å². The van der Waals surface area contributed by atoms with E-state index in [1.807, 2.05) is 0 Å². The van der Waals surface area contributed by atoms with Crippen LogP contribution in [0.5, 0.6) is 0 Å². The van der Waals surface area contributed by atoms with Gasteiger partial charge < -0.3 is 36.2 Å². The van der Waals surface area contributed by atoms with Gasteiger partial charge in [0.1, 0.15) is 23.7 Å². The minimum absolute atomic E-state index is 0. The van der Waals surface area contributed by atoms with Crippen molar-refractivity contribution < 1.29 is 38.6 Å². The van der Waals surface area contributed by atoms with Gasteiger partial charge in [-0.2, -0.15) is 9.36 Å². The Labute approximate surface area is 287 Å². The van der Waals surface area contributed by atoms with E-state index in [-0.39, 0.29) is 66.0 Å². The van der Waals surface area contributed by atoms with Crippen LogP contribution in [0.25, 0.3) is 0 Å². The zero-order valence-electron chi connectivity index (χ0n) is 25.5. The van der Waals surface area contributed by atoms with Crippen molar-refractivity contribution in [2.75, 3.05) is 43.8 Å². The molecule has 2 aromatic heterocycles. The fourth-order valence-electron chi connectivity index (χ4n) is 3.87. The number of carbonyl (C=O) groups excluding carboxylic acids is 4. The first kappa shape index (κ1) is 37.9. The van der Waals surface area contributed by atoms with Crippen LogP contribution in [-0.4, -0.2) is 119 Å². The molecular weight excluding hydrogens is 702 g/mol. The molecule has 6 N–H and O–H groups in total. The maximum Gasteiger partial charge on any atom is 0.357 e. The van der Waals surface area contributed by atoms with Gasteiger partial charge in [-0.1, -0.05) is 16.9 Å². The summed E-state index contributed by atoms with van der Waals surface area (Å²) in [5.41, 5.74) is 10.5. The van der Waals surface area contributed by atoms with Gasteiger partial charge in [0, 0.05) is 23.0 Å². The molecule has 0 aliphatic carbocycles. The number of rotatable bonds is 15. The highest BCUT2D eigenvalue weighted by Crippen LogP contribution is 2.42. The molecule has 2 amide bonds. The lowest BCUT2D eigenvalue weighted by molar-refractivity contribution is -0.173. The van der Waals surface area contributed by atoms with Crippen LogP contribution in [0.3, 0.4) is 0 Å². The van der Waals surface area contributed by atoms with Gasteiger partial charge in [-0.25, -0.2) is 9.48 Å². The number of nitrogens with one attached hydrogen (secondary N) is 1. The van der Waals surface area contributed by atoms with Crippen molar-refractivity contribution in [2.45, 2.75) is 50.3 Å². The molecule has 19 nitrogen and oxygen atoms in total. The van der Waals surface area contributed by atoms with E-state index in [1.165, 1.54) is 33.1 Å². The number of nitrogens with zero attached hydrogens (tertiary/aromatic N) is 8. The molecule has 0 saturated carbocycles. The highest BCUT2D eigenvalue weighted by Gasteiger charge is 2.55. The van der Waals surface area contributed by atoms with Crippen molar-refractivity contribution in [2.24, 2.45) is 16.3 Å². The number of β-lactam (4-membered cyclic amide) rings is 1. The number of amides is 2. The standard InChI is InChI=1S/C24H33N11O8S3.ClH/c1-24(2,3)21(40)42-11-41-20(39)15-12(10-45-23-29-32-33-34(23)6-7-36)9-44-19-14(18(38)35(15)19)27-17(37)13(30-43-8-4-5-25)16-28-22(26)46-31-16;/h14,19,36H,4-11,25H2,1-3H3,(H,27,37)(H2,26,28,31);1H/t14?,19-;/m1./s1. The van der Waals surface area contributed by atoms with E-state index < -0.39 is 47.4 Å². The zero-order valence-corrected chi connectivity index (χ0v) is 28.7. The van der Waals surface area contributed by atoms with E-state index in [1.54, 1.807) is 20.8 Å². The molecule has 4 heterocycles. The number of esters is 2. The van der Waals surface area contributed by atoms with Gasteiger partial charge in [-0.05, 0) is 49.7 Å². The summed E-state index contributed by atoms with van der Waals surface area (Å²) in [6.45, 7) is 4.75. The van der Waals surface area contributed by atoms with Gasteiger partial charge in [0.25, 0.3) is 11.8 Å². The van der Waals surface area contributed by atoms with Crippen LogP contribution >= 0.6 is 47.5 Å². The maximum atomic E-state index is 13.5. The predicted octanol–water partition coefficient (Wildman–Crippen LogP) is -0.873. The van der Waals surface area contributed by atoms with Crippen molar-refractivity contribution in [3.05, 3.63) is 17.1 Å². The predicted molar refractivity (Wildman–Crippen MR) is 172 cm³/mol. The molecule has 23 heteroatoms. The van der Waals surface area contributed by atoms with Gasteiger partial charge >= 0.3 is 11.9 Å². The van der Waals surface area contributed by atoms with E-state index in [9.17, 15) is 24.3 Å². The van der Waals surface area contributed by atoms with Gasteiger partial charge in [-0.3, -0.25) is 19.3 Å². The lowest BCUT2D eigenvalue weighted by Gasteiger charge is -2.49. The molecule has 4 rings (SSSR count). The topological polar surface area (TPSA) is 265 Å². The number of hydrogen-bond acceptors (Lipinski definition) is 19. The van der Waals surface area contributed by atoms with Crippen LogP contribution < -0.4 is 16.8 Å². The number of fused-ring (bicyclic) bond motifs is 1.